The number of hydrogen-bond donors (Lipinski definition) is 1. The summed E-state index contributed by atoms with van der Waals surface area (Å²) in [6.07, 6.45) is 2.06. The maximum absolute atomic E-state index is 12.4. The van der Waals surface area contributed by atoms with Crippen molar-refractivity contribution in [2.45, 2.75) is 47.3 Å². The van der Waals surface area contributed by atoms with E-state index in [0.29, 0.717) is 18.8 Å². The highest BCUT2D eigenvalue weighted by Gasteiger charge is 2.17. The Balaban J connectivity index is 1.57. The van der Waals surface area contributed by atoms with E-state index in [1.54, 1.807) is 30.3 Å². The van der Waals surface area contributed by atoms with Gasteiger partial charge in [0.05, 0.1) is 18.8 Å². The van der Waals surface area contributed by atoms with Crippen molar-refractivity contribution in [1.82, 2.24) is 9.78 Å². The lowest BCUT2D eigenvalue weighted by Crippen LogP contribution is -2.29. The average molecular weight is 462 g/mol. The van der Waals surface area contributed by atoms with Gasteiger partial charge in [-0.05, 0) is 70.5 Å². The number of carbonyl (C=O) groups is 2. The van der Waals surface area contributed by atoms with E-state index < -0.39 is 18.0 Å². The number of rotatable bonds is 9. The van der Waals surface area contributed by atoms with Crippen molar-refractivity contribution in [2.75, 3.05) is 11.9 Å². The average Bonchev–Trinajstić information content (AvgIpc) is 3.07. The van der Waals surface area contributed by atoms with Crippen LogP contribution in [0.2, 0.25) is 0 Å². The number of ether oxygens (including phenoxy) is 2. The summed E-state index contributed by atoms with van der Waals surface area (Å²) in [6.45, 7) is 10.6. The summed E-state index contributed by atoms with van der Waals surface area (Å²) in [4.78, 5) is 24.7. The minimum Gasteiger partial charge on any atom is -0.494 e. The normalized spacial score (nSPS) is 11.9. The molecule has 1 amide bonds. The smallest absolute Gasteiger partial charge is 0.331 e. The molecule has 0 spiro atoms. The third-order valence-corrected chi connectivity index (χ3v) is 5.37. The van der Waals surface area contributed by atoms with E-state index in [9.17, 15) is 9.59 Å². The van der Waals surface area contributed by atoms with E-state index in [0.717, 1.165) is 28.3 Å². The third-order valence-electron chi connectivity index (χ3n) is 5.37. The third kappa shape index (κ3) is 6.57. The van der Waals surface area contributed by atoms with Gasteiger partial charge in [0.1, 0.15) is 5.75 Å². The number of nitrogens with zero attached hydrogens (tertiary/aromatic N) is 2. The molecule has 0 saturated carbocycles. The Morgan fingerprint density at radius 3 is 2.38 bits per heavy atom. The molecule has 0 aliphatic carbocycles. The molecular formula is C27H31N3O4. The van der Waals surface area contributed by atoms with Gasteiger partial charge >= 0.3 is 5.97 Å². The predicted molar refractivity (Wildman–Crippen MR) is 133 cm³/mol. The first-order valence-corrected chi connectivity index (χ1v) is 11.3. The lowest BCUT2D eigenvalue weighted by atomic mass is 10.1. The number of carbonyl (C=O) groups excluding carboxylic acids is 2. The number of aryl methyl sites for hydroxylation is 2. The molecule has 0 fully saturated rings. The van der Waals surface area contributed by atoms with Crippen LogP contribution in [0.4, 0.5) is 5.69 Å². The van der Waals surface area contributed by atoms with Crippen molar-refractivity contribution in [3.05, 3.63) is 82.7 Å². The Morgan fingerprint density at radius 1 is 1.06 bits per heavy atom. The Kier molecular flexibility index (Phi) is 8.24. The van der Waals surface area contributed by atoms with Crippen LogP contribution in [-0.2, 0) is 20.9 Å². The van der Waals surface area contributed by atoms with Gasteiger partial charge in [0, 0.05) is 23.0 Å². The van der Waals surface area contributed by atoms with Crippen molar-refractivity contribution >= 4 is 23.6 Å². The second kappa shape index (κ2) is 11.3. The van der Waals surface area contributed by atoms with E-state index >= 15 is 0 Å². The number of nitrogens with one attached hydrogen (secondary N) is 1. The van der Waals surface area contributed by atoms with Gasteiger partial charge in [0.15, 0.2) is 6.10 Å². The number of hydrogen-bond acceptors (Lipinski definition) is 5. The highest BCUT2D eigenvalue weighted by Crippen LogP contribution is 2.18. The maximum atomic E-state index is 12.4. The molecule has 1 unspecified atom stereocenters. The summed E-state index contributed by atoms with van der Waals surface area (Å²) in [5.41, 5.74) is 5.58. The molecule has 7 nitrogen and oxygen atoms in total. The van der Waals surface area contributed by atoms with Crippen molar-refractivity contribution in [1.29, 1.82) is 0 Å². The number of anilines is 1. The lowest BCUT2D eigenvalue weighted by Gasteiger charge is -2.12. The molecule has 0 aliphatic heterocycles. The van der Waals surface area contributed by atoms with Crippen LogP contribution >= 0.6 is 0 Å². The molecule has 7 heteroatoms. The van der Waals surface area contributed by atoms with Crippen LogP contribution in [0.15, 0.2) is 54.6 Å². The maximum Gasteiger partial charge on any atom is 0.331 e. The van der Waals surface area contributed by atoms with Crippen LogP contribution in [0, 0.1) is 20.8 Å². The van der Waals surface area contributed by atoms with Gasteiger partial charge in [0.25, 0.3) is 5.91 Å². The van der Waals surface area contributed by atoms with Crippen LogP contribution in [0.25, 0.3) is 6.08 Å². The van der Waals surface area contributed by atoms with Crippen molar-refractivity contribution < 1.29 is 19.1 Å². The molecule has 34 heavy (non-hydrogen) atoms. The Bertz CT molecular complexity index is 1160. The summed E-state index contributed by atoms with van der Waals surface area (Å²) >= 11 is 0. The highest BCUT2D eigenvalue weighted by atomic mass is 16.5. The minimum atomic E-state index is -0.949. The Labute approximate surface area is 200 Å². The number of esters is 1. The topological polar surface area (TPSA) is 82.4 Å². The fraction of sp³-hybridized carbons (Fsp3) is 0.296. The number of benzene rings is 2. The molecule has 1 N–H and O–H groups in total. The zero-order valence-electron chi connectivity index (χ0n) is 20.3. The summed E-state index contributed by atoms with van der Waals surface area (Å²) in [6, 6.07) is 15.3. The SMILES string of the molecule is CCOc1ccc(NC(=O)C(C)OC(=O)/C=C/c2c(C)nn(Cc3ccc(C)cc3)c2C)cc1. The molecule has 0 aliphatic rings. The van der Waals surface area contributed by atoms with Crippen LogP contribution in [0.1, 0.15) is 41.9 Å². The molecule has 1 heterocycles. The zero-order chi connectivity index (χ0) is 24.7. The van der Waals surface area contributed by atoms with E-state index in [4.69, 9.17) is 9.47 Å². The fourth-order valence-electron chi connectivity index (χ4n) is 3.44. The number of amides is 1. The van der Waals surface area contributed by atoms with E-state index in [2.05, 4.69) is 41.6 Å². The molecule has 3 rings (SSSR count). The van der Waals surface area contributed by atoms with Gasteiger partial charge in [-0.3, -0.25) is 9.48 Å². The van der Waals surface area contributed by atoms with Gasteiger partial charge in [0.2, 0.25) is 0 Å². The molecule has 2 aromatic carbocycles. The van der Waals surface area contributed by atoms with Gasteiger partial charge in [-0.2, -0.15) is 5.10 Å². The first-order valence-electron chi connectivity index (χ1n) is 11.3. The van der Waals surface area contributed by atoms with E-state index in [1.807, 2.05) is 25.5 Å². The first kappa shape index (κ1) is 24.8. The summed E-state index contributed by atoms with van der Waals surface area (Å²) in [5, 5.41) is 7.33. The van der Waals surface area contributed by atoms with E-state index in [1.165, 1.54) is 18.6 Å². The van der Waals surface area contributed by atoms with Crippen LogP contribution < -0.4 is 10.1 Å². The molecule has 1 aromatic heterocycles. The number of aromatic nitrogens is 2. The second-order valence-electron chi connectivity index (χ2n) is 8.09. The van der Waals surface area contributed by atoms with Crippen molar-refractivity contribution in [3.8, 4) is 5.75 Å². The first-order chi connectivity index (χ1) is 16.3. The molecule has 0 bridgehead atoms. The second-order valence-corrected chi connectivity index (χ2v) is 8.09. The summed E-state index contributed by atoms with van der Waals surface area (Å²) < 4.78 is 12.6. The standard InChI is InChI=1S/C27H31N3O4/c1-6-33-24-13-11-23(12-14-24)28-27(32)21(5)34-26(31)16-15-25-19(3)29-30(20(25)4)17-22-9-7-18(2)8-10-22/h7-16,21H,6,17H2,1-5H3,(H,28,32)/b16-15+. The van der Waals surface area contributed by atoms with Gasteiger partial charge in [-0.1, -0.05) is 29.8 Å². The molecule has 0 radical (unpaired) electrons. The molecule has 178 valence electrons. The van der Waals surface area contributed by atoms with Crippen molar-refractivity contribution in [3.63, 3.8) is 0 Å². The molecular weight excluding hydrogens is 430 g/mol. The zero-order valence-corrected chi connectivity index (χ0v) is 20.3. The van der Waals surface area contributed by atoms with Gasteiger partial charge in [-0.25, -0.2) is 4.79 Å². The predicted octanol–water partition coefficient (Wildman–Crippen LogP) is 4.84. The summed E-state index contributed by atoms with van der Waals surface area (Å²) in [5.74, 6) is -0.290. The largest absolute Gasteiger partial charge is 0.494 e. The van der Waals surface area contributed by atoms with Crippen LogP contribution in [-0.4, -0.2) is 34.4 Å². The van der Waals surface area contributed by atoms with Gasteiger partial charge < -0.3 is 14.8 Å². The Hall–Kier alpha value is -3.87. The van der Waals surface area contributed by atoms with Crippen molar-refractivity contribution in [2.24, 2.45) is 0 Å². The molecule has 1 atom stereocenters. The Morgan fingerprint density at radius 2 is 1.74 bits per heavy atom. The van der Waals surface area contributed by atoms with Crippen LogP contribution in [0.5, 0.6) is 5.75 Å². The molecule has 3 aromatic rings. The molecule has 0 saturated heterocycles. The minimum absolute atomic E-state index is 0.413. The quantitative estimate of drug-likeness (QED) is 0.364. The summed E-state index contributed by atoms with van der Waals surface area (Å²) in [7, 11) is 0. The highest BCUT2D eigenvalue weighted by molar-refractivity contribution is 5.96. The van der Waals surface area contributed by atoms with Gasteiger partial charge in [-0.15, -0.1) is 0 Å². The monoisotopic (exact) mass is 461 g/mol. The van der Waals surface area contributed by atoms with E-state index in [-0.39, 0.29) is 0 Å². The lowest BCUT2D eigenvalue weighted by molar-refractivity contribution is -0.148. The fourth-order valence-corrected chi connectivity index (χ4v) is 3.44. The van der Waals surface area contributed by atoms with Crippen LogP contribution in [0.3, 0.4) is 0 Å².